The monoisotopic (exact) mass is 259 g/mol. The number of carbonyl (C=O) groups excluding carboxylic acids is 1. The molecular formula is C9H14N3O4P. The van der Waals surface area contributed by atoms with E-state index in [1.54, 1.807) is 6.07 Å². The van der Waals surface area contributed by atoms with Crippen LogP contribution in [0.3, 0.4) is 0 Å². The SMILES string of the molecule is CN(CC(N)=O)CP(=O)(O)Oc1cccnc1. The summed E-state index contributed by atoms with van der Waals surface area (Å²) in [5, 5.41) is 0. The number of nitrogens with two attached hydrogens (primary N) is 1. The molecule has 0 fully saturated rings. The Balaban J connectivity index is 2.57. The molecule has 1 rings (SSSR count). The largest absolute Gasteiger partial charge is 0.422 e. The fourth-order valence-electron chi connectivity index (χ4n) is 1.22. The lowest BCUT2D eigenvalue weighted by Crippen LogP contribution is -2.31. The summed E-state index contributed by atoms with van der Waals surface area (Å²) in [4.78, 5) is 25.2. The number of hydrogen-bond acceptors (Lipinski definition) is 5. The highest BCUT2D eigenvalue weighted by Gasteiger charge is 2.24. The molecule has 0 aliphatic carbocycles. The number of nitrogens with zero attached hydrogens (tertiary/aromatic N) is 2. The van der Waals surface area contributed by atoms with Gasteiger partial charge in [-0.25, -0.2) is 4.57 Å². The minimum Gasteiger partial charge on any atom is -0.422 e. The summed E-state index contributed by atoms with van der Waals surface area (Å²) < 4.78 is 16.6. The molecule has 1 amide bonds. The van der Waals surface area contributed by atoms with Gasteiger partial charge in [-0.2, -0.15) is 0 Å². The molecule has 3 N–H and O–H groups in total. The molecule has 0 aromatic carbocycles. The number of rotatable bonds is 6. The minimum absolute atomic E-state index is 0.110. The van der Waals surface area contributed by atoms with Crippen LogP contribution in [-0.2, 0) is 9.36 Å². The van der Waals surface area contributed by atoms with Crippen molar-refractivity contribution in [1.29, 1.82) is 0 Å². The molecule has 0 bridgehead atoms. The molecule has 0 radical (unpaired) electrons. The number of amides is 1. The van der Waals surface area contributed by atoms with E-state index in [1.165, 1.54) is 30.4 Å². The molecule has 1 aromatic heterocycles. The Morgan fingerprint density at radius 1 is 1.71 bits per heavy atom. The van der Waals surface area contributed by atoms with Gasteiger partial charge in [0.25, 0.3) is 0 Å². The van der Waals surface area contributed by atoms with Crippen LogP contribution >= 0.6 is 7.60 Å². The van der Waals surface area contributed by atoms with Crippen LogP contribution in [0.1, 0.15) is 0 Å². The van der Waals surface area contributed by atoms with Gasteiger partial charge in [-0.15, -0.1) is 0 Å². The van der Waals surface area contributed by atoms with E-state index in [0.717, 1.165) is 0 Å². The van der Waals surface area contributed by atoms with Crippen molar-refractivity contribution in [2.75, 3.05) is 19.9 Å². The first kappa shape index (κ1) is 13.6. The molecule has 0 saturated heterocycles. The van der Waals surface area contributed by atoms with Crippen LogP contribution in [0.5, 0.6) is 5.75 Å². The summed E-state index contributed by atoms with van der Waals surface area (Å²) in [6.45, 7) is -0.110. The summed E-state index contributed by atoms with van der Waals surface area (Å²) in [6, 6.07) is 3.10. The van der Waals surface area contributed by atoms with Gasteiger partial charge in [-0.1, -0.05) is 0 Å². The van der Waals surface area contributed by atoms with E-state index in [2.05, 4.69) is 4.98 Å². The number of carbonyl (C=O) groups is 1. The lowest BCUT2D eigenvalue weighted by molar-refractivity contribution is -0.118. The summed E-state index contributed by atoms with van der Waals surface area (Å²) in [5.74, 6) is -0.375. The summed E-state index contributed by atoms with van der Waals surface area (Å²) in [7, 11) is -2.35. The van der Waals surface area contributed by atoms with Crippen molar-refractivity contribution in [2.24, 2.45) is 5.73 Å². The molecule has 0 spiro atoms. The van der Waals surface area contributed by atoms with Gasteiger partial charge < -0.3 is 15.2 Å². The van der Waals surface area contributed by atoms with Gasteiger partial charge in [0.1, 0.15) is 12.0 Å². The third-order valence-corrected chi connectivity index (χ3v) is 3.06. The van der Waals surface area contributed by atoms with Gasteiger partial charge in [0, 0.05) is 6.20 Å². The van der Waals surface area contributed by atoms with Crippen molar-refractivity contribution in [3.63, 3.8) is 0 Å². The Morgan fingerprint density at radius 2 is 2.41 bits per heavy atom. The van der Waals surface area contributed by atoms with Crippen molar-refractivity contribution in [1.82, 2.24) is 9.88 Å². The minimum atomic E-state index is -3.85. The Hall–Kier alpha value is -1.43. The summed E-state index contributed by atoms with van der Waals surface area (Å²) in [5.41, 5.74) is 4.96. The van der Waals surface area contributed by atoms with Gasteiger partial charge in [0.2, 0.25) is 5.91 Å². The first-order chi connectivity index (χ1) is 7.89. The van der Waals surface area contributed by atoms with Crippen molar-refractivity contribution >= 4 is 13.5 Å². The lowest BCUT2D eigenvalue weighted by Gasteiger charge is -2.19. The Bertz CT molecular complexity index is 426. The second kappa shape index (κ2) is 5.77. The number of hydrogen-bond donors (Lipinski definition) is 2. The van der Waals surface area contributed by atoms with Crippen molar-refractivity contribution in [2.45, 2.75) is 0 Å². The molecule has 8 heteroatoms. The van der Waals surface area contributed by atoms with Crippen LogP contribution in [0.15, 0.2) is 24.5 Å². The average Bonchev–Trinajstić information content (AvgIpc) is 2.15. The van der Waals surface area contributed by atoms with E-state index in [4.69, 9.17) is 10.3 Å². The van der Waals surface area contributed by atoms with Crippen LogP contribution in [0, 0.1) is 0 Å². The zero-order chi connectivity index (χ0) is 12.9. The molecule has 94 valence electrons. The smallest absolute Gasteiger partial charge is 0.390 e. The number of pyridine rings is 1. The van der Waals surface area contributed by atoms with Crippen LogP contribution in [0.4, 0.5) is 0 Å². The van der Waals surface area contributed by atoms with E-state index in [9.17, 15) is 14.3 Å². The molecule has 1 atom stereocenters. The topological polar surface area (TPSA) is 106 Å². The predicted octanol–water partition coefficient (Wildman–Crippen LogP) is 0.0204. The molecule has 17 heavy (non-hydrogen) atoms. The van der Waals surface area contributed by atoms with Crippen LogP contribution < -0.4 is 10.3 Å². The van der Waals surface area contributed by atoms with Gasteiger partial charge in [-0.05, 0) is 19.2 Å². The zero-order valence-electron chi connectivity index (χ0n) is 9.31. The van der Waals surface area contributed by atoms with Crippen molar-refractivity contribution in [3.05, 3.63) is 24.5 Å². The van der Waals surface area contributed by atoms with E-state index in [0.29, 0.717) is 0 Å². The van der Waals surface area contributed by atoms with Crippen LogP contribution in [0.25, 0.3) is 0 Å². The quantitative estimate of drug-likeness (QED) is 0.697. The Kier molecular flexibility index (Phi) is 4.62. The Morgan fingerprint density at radius 3 is 2.94 bits per heavy atom. The van der Waals surface area contributed by atoms with Crippen LogP contribution in [0.2, 0.25) is 0 Å². The number of primary amides is 1. The second-order valence-corrected chi connectivity index (χ2v) is 5.28. The Labute approximate surface area is 98.7 Å². The normalized spacial score (nSPS) is 14.3. The van der Waals surface area contributed by atoms with E-state index in [-0.39, 0.29) is 18.6 Å². The standard InChI is InChI=1S/C9H14N3O4P/c1-12(6-9(10)13)7-17(14,15)16-8-3-2-4-11-5-8/h2-5H,6-7H2,1H3,(H2,10,13)(H,14,15). The predicted molar refractivity (Wildman–Crippen MR) is 61.4 cm³/mol. The highest BCUT2D eigenvalue weighted by Crippen LogP contribution is 2.42. The molecule has 0 aliphatic heterocycles. The highest BCUT2D eigenvalue weighted by atomic mass is 31.2. The summed E-state index contributed by atoms with van der Waals surface area (Å²) in [6.07, 6.45) is 2.57. The van der Waals surface area contributed by atoms with Gasteiger partial charge in [0.15, 0.2) is 0 Å². The molecule has 1 heterocycles. The molecule has 7 nitrogen and oxygen atoms in total. The van der Waals surface area contributed by atoms with E-state index < -0.39 is 13.5 Å². The van der Waals surface area contributed by atoms with Crippen molar-refractivity contribution < 1.29 is 18.8 Å². The number of likely N-dealkylation sites (N-methyl/N-ethyl adjacent to an activating group) is 1. The zero-order valence-corrected chi connectivity index (χ0v) is 10.2. The van der Waals surface area contributed by atoms with Crippen LogP contribution in [-0.4, -0.2) is 40.6 Å². The third-order valence-electron chi connectivity index (χ3n) is 1.73. The number of aromatic nitrogens is 1. The fourth-order valence-corrected chi connectivity index (χ4v) is 2.42. The molecule has 0 saturated carbocycles. The third kappa shape index (κ3) is 5.44. The van der Waals surface area contributed by atoms with Gasteiger partial charge in [0.05, 0.1) is 12.7 Å². The molecule has 0 aliphatic rings. The van der Waals surface area contributed by atoms with Crippen molar-refractivity contribution in [3.8, 4) is 5.75 Å². The fraction of sp³-hybridized carbons (Fsp3) is 0.333. The maximum atomic E-state index is 11.7. The second-order valence-electron chi connectivity index (χ2n) is 3.54. The molecule has 1 unspecified atom stereocenters. The average molecular weight is 259 g/mol. The molecule has 1 aromatic rings. The molecular weight excluding hydrogens is 245 g/mol. The first-order valence-corrected chi connectivity index (χ1v) is 6.53. The van der Waals surface area contributed by atoms with E-state index >= 15 is 0 Å². The highest BCUT2D eigenvalue weighted by molar-refractivity contribution is 7.53. The van der Waals surface area contributed by atoms with Gasteiger partial charge >= 0.3 is 7.60 Å². The maximum Gasteiger partial charge on any atom is 0.390 e. The summed E-state index contributed by atoms with van der Waals surface area (Å²) >= 11 is 0. The first-order valence-electron chi connectivity index (χ1n) is 4.77. The maximum absolute atomic E-state index is 11.7. The van der Waals surface area contributed by atoms with Gasteiger partial charge in [-0.3, -0.25) is 14.7 Å². The van der Waals surface area contributed by atoms with E-state index in [1.807, 2.05) is 0 Å². The lowest BCUT2D eigenvalue weighted by atomic mass is 10.5.